The highest BCUT2D eigenvalue weighted by Crippen LogP contribution is 2.27. The van der Waals surface area contributed by atoms with Crippen molar-refractivity contribution in [2.45, 2.75) is 6.92 Å². The van der Waals surface area contributed by atoms with Gasteiger partial charge in [-0.15, -0.1) is 0 Å². The van der Waals surface area contributed by atoms with Crippen molar-refractivity contribution in [3.63, 3.8) is 0 Å². The molecule has 1 aromatic heterocycles. The lowest BCUT2D eigenvalue weighted by atomic mass is 10.0. The first kappa shape index (κ1) is 22.5. The number of hydrogen-bond donors (Lipinski definition) is 0. The zero-order valence-corrected chi connectivity index (χ0v) is 19.6. The van der Waals surface area contributed by atoms with Gasteiger partial charge in [0.25, 0.3) is 5.91 Å². The Kier molecular flexibility index (Phi) is 6.56. The van der Waals surface area contributed by atoms with Gasteiger partial charge in [-0.3, -0.25) is 14.5 Å². The third kappa shape index (κ3) is 4.81. The van der Waals surface area contributed by atoms with E-state index < -0.39 is 0 Å². The molecule has 0 N–H and O–H groups in total. The number of carbonyl (C=O) groups is 2. The Morgan fingerprint density at radius 1 is 0.882 bits per heavy atom. The van der Waals surface area contributed by atoms with Crippen LogP contribution in [0.5, 0.6) is 0 Å². The molecule has 2 aliphatic heterocycles. The van der Waals surface area contributed by atoms with Gasteiger partial charge in [-0.1, -0.05) is 42.0 Å². The fraction of sp³-hybridized carbons (Fsp3) is 0.370. The summed E-state index contributed by atoms with van der Waals surface area (Å²) in [7, 11) is 0. The Labute approximate surface area is 199 Å². The van der Waals surface area contributed by atoms with E-state index in [1.54, 1.807) is 0 Å². The quantitative estimate of drug-likeness (QED) is 0.602. The number of morpholine rings is 1. The molecule has 176 valence electrons. The van der Waals surface area contributed by atoms with E-state index in [2.05, 4.69) is 4.90 Å². The Morgan fingerprint density at radius 3 is 2.35 bits per heavy atom. The Bertz CT molecular complexity index is 1180. The maximum absolute atomic E-state index is 13.7. The van der Waals surface area contributed by atoms with E-state index in [9.17, 15) is 9.59 Å². The number of aromatic nitrogens is 1. The number of piperazine rings is 1. The predicted octanol–water partition coefficient (Wildman–Crippen LogP) is 2.83. The van der Waals surface area contributed by atoms with Crippen LogP contribution in [-0.4, -0.2) is 90.5 Å². The van der Waals surface area contributed by atoms with Crippen LogP contribution >= 0.6 is 0 Å². The Morgan fingerprint density at radius 2 is 1.62 bits per heavy atom. The zero-order chi connectivity index (χ0) is 23.5. The molecule has 0 atom stereocenters. The van der Waals surface area contributed by atoms with Gasteiger partial charge in [0.05, 0.1) is 36.5 Å². The summed E-state index contributed by atoms with van der Waals surface area (Å²) in [6.45, 7) is 7.56. The highest BCUT2D eigenvalue weighted by Gasteiger charge is 2.27. The minimum Gasteiger partial charge on any atom is -0.378 e. The monoisotopic (exact) mass is 458 g/mol. The average molecular weight is 459 g/mol. The summed E-state index contributed by atoms with van der Waals surface area (Å²) in [5.74, 6) is 0.167. The molecule has 3 heterocycles. The van der Waals surface area contributed by atoms with Crippen molar-refractivity contribution >= 4 is 22.7 Å². The smallest absolute Gasteiger partial charge is 0.254 e. The first-order chi connectivity index (χ1) is 16.6. The third-order valence-corrected chi connectivity index (χ3v) is 6.65. The molecule has 7 nitrogen and oxygen atoms in total. The summed E-state index contributed by atoms with van der Waals surface area (Å²) in [5, 5.41) is 0.884. The van der Waals surface area contributed by atoms with Gasteiger partial charge in [-0.05, 0) is 25.1 Å². The number of aryl methyl sites for hydroxylation is 1. The van der Waals surface area contributed by atoms with E-state index in [4.69, 9.17) is 9.72 Å². The molecule has 34 heavy (non-hydrogen) atoms. The van der Waals surface area contributed by atoms with Crippen LogP contribution < -0.4 is 0 Å². The van der Waals surface area contributed by atoms with Gasteiger partial charge in [0, 0.05) is 50.2 Å². The summed E-state index contributed by atoms with van der Waals surface area (Å²) >= 11 is 0. The van der Waals surface area contributed by atoms with Crippen LogP contribution in [-0.2, 0) is 9.53 Å². The molecule has 2 amide bonds. The van der Waals surface area contributed by atoms with Crippen molar-refractivity contribution in [2.24, 2.45) is 0 Å². The Balaban J connectivity index is 1.33. The summed E-state index contributed by atoms with van der Waals surface area (Å²) in [4.78, 5) is 37.0. The van der Waals surface area contributed by atoms with Crippen LogP contribution in [0.1, 0.15) is 15.9 Å². The number of ether oxygens (including phenoxy) is 1. The van der Waals surface area contributed by atoms with Gasteiger partial charge in [-0.25, -0.2) is 4.98 Å². The highest BCUT2D eigenvalue weighted by molar-refractivity contribution is 6.07. The van der Waals surface area contributed by atoms with Gasteiger partial charge in [-0.2, -0.15) is 0 Å². The number of rotatable bonds is 4. The van der Waals surface area contributed by atoms with E-state index in [1.807, 2.05) is 71.3 Å². The SMILES string of the molecule is Cc1ccc2nc(-c3ccccc3)cc(C(=O)N3CCN(CC(=O)N4CCOCC4)CC3)c2c1. The zero-order valence-electron chi connectivity index (χ0n) is 19.6. The lowest BCUT2D eigenvalue weighted by molar-refractivity contribution is -0.136. The lowest BCUT2D eigenvalue weighted by Crippen LogP contribution is -2.52. The van der Waals surface area contributed by atoms with Crippen LogP contribution in [0, 0.1) is 6.92 Å². The first-order valence-electron chi connectivity index (χ1n) is 11.9. The maximum Gasteiger partial charge on any atom is 0.254 e. The molecule has 5 rings (SSSR count). The lowest BCUT2D eigenvalue weighted by Gasteiger charge is -2.36. The van der Waals surface area contributed by atoms with Crippen LogP contribution in [0.25, 0.3) is 22.2 Å². The van der Waals surface area contributed by atoms with Gasteiger partial charge in [0.1, 0.15) is 0 Å². The summed E-state index contributed by atoms with van der Waals surface area (Å²) in [5.41, 5.74) is 4.40. The molecule has 3 aromatic rings. The highest BCUT2D eigenvalue weighted by atomic mass is 16.5. The van der Waals surface area contributed by atoms with E-state index in [0.29, 0.717) is 64.6 Å². The van der Waals surface area contributed by atoms with Gasteiger partial charge < -0.3 is 14.5 Å². The molecular weight excluding hydrogens is 428 g/mol. The molecule has 0 radical (unpaired) electrons. The molecule has 0 bridgehead atoms. The average Bonchev–Trinajstić information content (AvgIpc) is 2.89. The van der Waals surface area contributed by atoms with Crippen LogP contribution in [0.3, 0.4) is 0 Å². The minimum atomic E-state index is 0.0225. The fourth-order valence-electron chi connectivity index (χ4n) is 4.66. The predicted molar refractivity (Wildman–Crippen MR) is 132 cm³/mol. The second-order valence-corrected chi connectivity index (χ2v) is 9.00. The number of hydrogen-bond acceptors (Lipinski definition) is 5. The molecule has 2 aliphatic rings. The van der Waals surface area contributed by atoms with E-state index in [0.717, 1.165) is 27.7 Å². The molecule has 2 saturated heterocycles. The number of nitrogens with zero attached hydrogens (tertiary/aromatic N) is 4. The number of carbonyl (C=O) groups excluding carboxylic acids is 2. The van der Waals surface area contributed by atoms with Crippen molar-refractivity contribution < 1.29 is 14.3 Å². The van der Waals surface area contributed by atoms with E-state index in [-0.39, 0.29) is 11.8 Å². The molecular formula is C27H30N4O3. The van der Waals surface area contributed by atoms with Crippen molar-refractivity contribution in [3.05, 3.63) is 65.7 Å². The van der Waals surface area contributed by atoms with Crippen LogP contribution in [0.4, 0.5) is 0 Å². The van der Waals surface area contributed by atoms with E-state index >= 15 is 0 Å². The number of benzene rings is 2. The van der Waals surface area contributed by atoms with Crippen molar-refractivity contribution in [1.29, 1.82) is 0 Å². The fourth-order valence-corrected chi connectivity index (χ4v) is 4.66. The summed E-state index contributed by atoms with van der Waals surface area (Å²) in [6, 6.07) is 18.0. The minimum absolute atomic E-state index is 0.0225. The topological polar surface area (TPSA) is 66.0 Å². The van der Waals surface area contributed by atoms with Gasteiger partial charge in [0.15, 0.2) is 0 Å². The van der Waals surface area contributed by atoms with Gasteiger partial charge in [0.2, 0.25) is 5.91 Å². The molecule has 0 unspecified atom stereocenters. The Hall–Kier alpha value is -3.29. The van der Waals surface area contributed by atoms with Crippen molar-refractivity contribution in [2.75, 3.05) is 59.0 Å². The normalized spacial score (nSPS) is 17.2. The molecule has 0 spiro atoms. The first-order valence-corrected chi connectivity index (χ1v) is 11.9. The van der Waals surface area contributed by atoms with E-state index in [1.165, 1.54) is 0 Å². The van der Waals surface area contributed by atoms with Crippen LogP contribution in [0.2, 0.25) is 0 Å². The number of fused-ring (bicyclic) bond motifs is 1. The maximum atomic E-state index is 13.7. The molecule has 2 fully saturated rings. The number of pyridine rings is 1. The van der Waals surface area contributed by atoms with Crippen molar-refractivity contribution in [3.8, 4) is 11.3 Å². The summed E-state index contributed by atoms with van der Waals surface area (Å²) < 4.78 is 5.34. The molecule has 0 aliphatic carbocycles. The second kappa shape index (κ2) is 9.91. The second-order valence-electron chi connectivity index (χ2n) is 9.00. The third-order valence-electron chi connectivity index (χ3n) is 6.65. The molecule has 7 heteroatoms. The standard InChI is InChI=1S/C27H30N4O3/c1-20-7-8-24-22(17-20)23(18-25(28-24)21-5-3-2-4-6-21)27(33)31-11-9-29(10-12-31)19-26(32)30-13-15-34-16-14-30/h2-8,17-18H,9-16,19H2,1H3. The van der Waals surface area contributed by atoms with Crippen LogP contribution in [0.15, 0.2) is 54.6 Å². The summed E-state index contributed by atoms with van der Waals surface area (Å²) in [6.07, 6.45) is 0. The van der Waals surface area contributed by atoms with Gasteiger partial charge >= 0.3 is 0 Å². The largest absolute Gasteiger partial charge is 0.378 e. The number of amides is 2. The van der Waals surface area contributed by atoms with Crippen molar-refractivity contribution in [1.82, 2.24) is 19.7 Å². The molecule has 0 saturated carbocycles. The molecule has 2 aromatic carbocycles.